The molecule has 4 rings (SSSR count). The van der Waals surface area contributed by atoms with Gasteiger partial charge in [-0.2, -0.15) is 0 Å². The summed E-state index contributed by atoms with van der Waals surface area (Å²) in [6.45, 7) is 0.655. The van der Waals surface area contributed by atoms with E-state index in [9.17, 15) is 19.2 Å². The van der Waals surface area contributed by atoms with E-state index in [2.05, 4.69) is 20.9 Å². The molecule has 1 aromatic carbocycles. The molecular formula is C29H32N4O4. The van der Waals surface area contributed by atoms with Gasteiger partial charge in [0.1, 0.15) is 29.2 Å². The smallest absolute Gasteiger partial charge is 0.270 e. The van der Waals surface area contributed by atoms with Crippen LogP contribution in [0.3, 0.4) is 0 Å². The van der Waals surface area contributed by atoms with Crippen LogP contribution in [0.1, 0.15) is 61.9 Å². The van der Waals surface area contributed by atoms with Crippen LogP contribution in [-0.2, 0) is 14.4 Å². The minimum atomic E-state index is -0.619. The van der Waals surface area contributed by atoms with Gasteiger partial charge in [0, 0.05) is 23.9 Å². The van der Waals surface area contributed by atoms with Crippen molar-refractivity contribution in [1.29, 1.82) is 0 Å². The third-order valence-corrected chi connectivity index (χ3v) is 7.36. The molecule has 3 atom stereocenters. The zero-order valence-corrected chi connectivity index (χ0v) is 20.8. The molecule has 2 aromatic rings. The summed E-state index contributed by atoms with van der Waals surface area (Å²) in [5, 5.41) is 10.1. The van der Waals surface area contributed by atoms with Crippen molar-refractivity contribution in [2.45, 2.75) is 63.5 Å². The van der Waals surface area contributed by atoms with Gasteiger partial charge in [-0.05, 0) is 37.3 Å². The number of rotatable bonds is 10. The van der Waals surface area contributed by atoms with Crippen LogP contribution >= 0.6 is 0 Å². The second-order valence-electron chi connectivity index (χ2n) is 9.87. The van der Waals surface area contributed by atoms with E-state index in [0.717, 1.165) is 37.5 Å². The van der Waals surface area contributed by atoms with E-state index in [1.807, 2.05) is 42.2 Å². The van der Waals surface area contributed by atoms with Crippen LogP contribution in [-0.4, -0.2) is 47.3 Å². The Labute approximate surface area is 216 Å². The first-order chi connectivity index (χ1) is 18.1. The standard InChI is InChI=1S/C29H32N4O4/c34-15-13-23(17-22-12-14-30-27(22)18-35)31-28(19-36)26(16-20-6-2-1-3-7-20)33-29(37)25-11-10-21-8-4-5-9-24(21)32-25/h4-5,8-11,13,20,22-23,26,30-31H,1-3,6-7,12,14,16-17H2,(H,33,37)/t22-,23?,26?/m0/s1. The Hall–Kier alpha value is -3.95. The number of hydrogen-bond donors (Lipinski definition) is 3. The molecule has 2 unspecified atom stereocenters. The number of benzene rings is 1. The van der Waals surface area contributed by atoms with Gasteiger partial charge in [0.15, 0.2) is 0 Å². The van der Waals surface area contributed by atoms with Crippen LogP contribution in [0.5, 0.6) is 0 Å². The average Bonchev–Trinajstić information content (AvgIpc) is 3.38. The second-order valence-corrected chi connectivity index (χ2v) is 9.87. The SMILES string of the molecule is O=C=CC(C[C@@H]1CCNC1=C=O)NC(=C=O)C(CC1CCCCC1)NC(=O)c1ccc2ccccc2n1. The Morgan fingerprint density at radius 3 is 2.59 bits per heavy atom. The number of allylic oxidation sites excluding steroid dienone is 1. The molecule has 1 aliphatic carbocycles. The lowest BCUT2D eigenvalue weighted by Crippen LogP contribution is -2.45. The van der Waals surface area contributed by atoms with Crippen molar-refractivity contribution in [1.82, 2.24) is 20.9 Å². The fraction of sp³-hybridized carbons (Fsp3) is 0.448. The van der Waals surface area contributed by atoms with Crippen LogP contribution in [0.25, 0.3) is 10.9 Å². The van der Waals surface area contributed by atoms with E-state index < -0.39 is 12.1 Å². The molecule has 1 aromatic heterocycles. The molecule has 1 amide bonds. The lowest BCUT2D eigenvalue weighted by molar-refractivity contribution is 0.0930. The Morgan fingerprint density at radius 2 is 1.84 bits per heavy atom. The highest BCUT2D eigenvalue weighted by molar-refractivity contribution is 5.95. The largest absolute Gasteiger partial charge is 0.379 e. The zero-order chi connectivity index (χ0) is 26.0. The Morgan fingerprint density at radius 1 is 1.03 bits per heavy atom. The number of carbonyl (C=O) groups is 1. The number of fused-ring (bicyclic) bond motifs is 1. The summed E-state index contributed by atoms with van der Waals surface area (Å²) in [6.07, 6.45) is 8.53. The normalized spacial score (nSPS) is 19.0. The molecule has 192 valence electrons. The van der Waals surface area contributed by atoms with Crippen molar-refractivity contribution in [3.63, 3.8) is 0 Å². The molecule has 8 heteroatoms. The minimum Gasteiger partial charge on any atom is -0.379 e. The van der Waals surface area contributed by atoms with Crippen molar-refractivity contribution in [2.24, 2.45) is 11.8 Å². The number of nitrogens with one attached hydrogen (secondary N) is 3. The molecule has 2 heterocycles. The molecule has 2 fully saturated rings. The van der Waals surface area contributed by atoms with Crippen molar-refractivity contribution >= 4 is 34.6 Å². The first-order valence-corrected chi connectivity index (χ1v) is 13.0. The van der Waals surface area contributed by atoms with Crippen molar-refractivity contribution < 1.29 is 19.2 Å². The number of carbonyl (C=O) groups excluding carboxylic acids is 4. The summed E-state index contributed by atoms with van der Waals surface area (Å²) in [7, 11) is 0. The van der Waals surface area contributed by atoms with Gasteiger partial charge < -0.3 is 16.0 Å². The van der Waals surface area contributed by atoms with Crippen LogP contribution in [0.4, 0.5) is 0 Å². The lowest BCUT2D eigenvalue weighted by atomic mass is 9.84. The third kappa shape index (κ3) is 6.84. The molecular weight excluding hydrogens is 468 g/mol. The predicted molar refractivity (Wildman–Crippen MR) is 141 cm³/mol. The van der Waals surface area contributed by atoms with Gasteiger partial charge in [0.05, 0.1) is 23.3 Å². The number of hydrogen-bond acceptors (Lipinski definition) is 7. The van der Waals surface area contributed by atoms with Gasteiger partial charge in [-0.15, -0.1) is 0 Å². The first kappa shape index (κ1) is 26.1. The number of nitrogens with zero attached hydrogens (tertiary/aromatic N) is 1. The molecule has 1 saturated heterocycles. The summed E-state index contributed by atoms with van der Waals surface area (Å²) >= 11 is 0. The molecule has 37 heavy (non-hydrogen) atoms. The molecule has 0 bridgehead atoms. The topological polar surface area (TPSA) is 117 Å². The van der Waals surface area contributed by atoms with Gasteiger partial charge in [0.2, 0.25) is 0 Å². The van der Waals surface area contributed by atoms with E-state index in [-0.39, 0.29) is 23.2 Å². The Balaban J connectivity index is 1.54. The lowest BCUT2D eigenvalue weighted by Gasteiger charge is -2.29. The van der Waals surface area contributed by atoms with Crippen LogP contribution in [0.2, 0.25) is 0 Å². The highest BCUT2D eigenvalue weighted by atomic mass is 16.2. The zero-order valence-electron chi connectivity index (χ0n) is 20.8. The Bertz CT molecular complexity index is 1270. The highest BCUT2D eigenvalue weighted by Gasteiger charge is 2.29. The minimum absolute atomic E-state index is 0.110. The van der Waals surface area contributed by atoms with Gasteiger partial charge in [0.25, 0.3) is 5.91 Å². The van der Waals surface area contributed by atoms with Gasteiger partial charge in [-0.1, -0.05) is 56.4 Å². The molecule has 2 aliphatic rings. The van der Waals surface area contributed by atoms with Crippen LogP contribution < -0.4 is 16.0 Å². The van der Waals surface area contributed by atoms with Gasteiger partial charge in [-0.25, -0.2) is 19.4 Å². The third-order valence-electron chi connectivity index (χ3n) is 7.36. The van der Waals surface area contributed by atoms with E-state index in [1.54, 1.807) is 12.0 Å². The maximum absolute atomic E-state index is 13.3. The molecule has 1 saturated carbocycles. The highest BCUT2D eigenvalue weighted by Crippen LogP contribution is 2.29. The summed E-state index contributed by atoms with van der Waals surface area (Å²) in [4.78, 5) is 52.5. The quantitative estimate of drug-likeness (QED) is 0.429. The second kappa shape index (κ2) is 12.8. The fourth-order valence-corrected chi connectivity index (χ4v) is 5.41. The fourth-order valence-electron chi connectivity index (χ4n) is 5.41. The molecule has 3 N–H and O–H groups in total. The van der Waals surface area contributed by atoms with Crippen LogP contribution in [0, 0.1) is 11.8 Å². The van der Waals surface area contributed by atoms with Crippen molar-refractivity contribution in [2.75, 3.05) is 6.54 Å². The van der Waals surface area contributed by atoms with Crippen molar-refractivity contribution in [3.8, 4) is 0 Å². The van der Waals surface area contributed by atoms with E-state index in [1.165, 1.54) is 12.5 Å². The maximum atomic E-state index is 13.3. The summed E-state index contributed by atoms with van der Waals surface area (Å²) in [6, 6.07) is 9.91. The summed E-state index contributed by atoms with van der Waals surface area (Å²) in [5.74, 6) is 5.59. The summed E-state index contributed by atoms with van der Waals surface area (Å²) < 4.78 is 0. The average molecular weight is 501 g/mol. The predicted octanol–water partition coefficient (Wildman–Crippen LogP) is 3.08. The number of amides is 1. The summed E-state index contributed by atoms with van der Waals surface area (Å²) in [5.41, 5.74) is 1.62. The van der Waals surface area contributed by atoms with Crippen molar-refractivity contribution in [3.05, 3.63) is 59.6 Å². The number of pyridine rings is 1. The number of para-hydroxylation sites is 1. The monoisotopic (exact) mass is 500 g/mol. The first-order valence-electron chi connectivity index (χ1n) is 13.0. The molecule has 0 radical (unpaired) electrons. The number of aromatic nitrogens is 1. The van der Waals surface area contributed by atoms with Crippen LogP contribution in [0.15, 0.2) is 53.9 Å². The van der Waals surface area contributed by atoms with E-state index in [0.29, 0.717) is 36.5 Å². The molecule has 0 spiro atoms. The van der Waals surface area contributed by atoms with Gasteiger partial charge >= 0.3 is 0 Å². The maximum Gasteiger partial charge on any atom is 0.270 e. The Kier molecular flexibility index (Phi) is 9.07. The van der Waals surface area contributed by atoms with E-state index in [4.69, 9.17) is 0 Å². The van der Waals surface area contributed by atoms with Gasteiger partial charge in [-0.3, -0.25) is 4.79 Å². The van der Waals surface area contributed by atoms with E-state index >= 15 is 0 Å². The molecule has 1 aliphatic heterocycles. The molecule has 8 nitrogen and oxygen atoms in total.